The van der Waals surface area contributed by atoms with Crippen LogP contribution in [0.2, 0.25) is 0 Å². The Kier molecular flexibility index (Phi) is 3.08. The van der Waals surface area contributed by atoms with E-state index < -0.39 is 0 Å². The lowest BCUT2D eigenvalue weighted by molar-refractivity contribution is 0.336. The molecule has 1 aliphatic heterocycles. The van der Waals surface area contributed by atoms with Crippen molar-refractivity contribution < 1.29 is 9.52 Å². The lowest BCUT2D eigenvalue weighted by Gasteiger charge is -1.99. The van der Waals surface area contributed by atoms with E-state index in [9.17, 15) is 5.11 Å². The molecule has 0 aliphatic carbocycles. The van der Waals surface area contributed by atoms with Crippen LogP contribution >= 0.6 is 0 Å². The molecule has 4 heteroatoms. The molecule has 23 heavy (non-hydrogen) atoms. The van der Waals surface area contributed by atoms with E-state index >= 15 is 0 Å². The fourth-order valence-electron chi connectivity index (χ4n) is 2.68. The number of oxazole rings is 1. The van der Waals surface area contributed by atoms with E-state index in [0.29, 0.717) is 11.6 Å². The fraction of sp³-hybridized carbons (Fsp3) is 0.0526. The zero-order valence-electron chi connectivity index (χ0n) is 12.5. The molecule has 1 aliphatic rings. The van der Waals surface area contributed by atoms with Gasteiger partial charge in [-0.2, -0.15) is 0 Å². The van der Waals surface area contributed by atoms with Gasteiger partial charge in [0.2, 0.25) is 5.89 Å². The van der Waals surface area contributed by atoms with Crippen molar-refractivity contribution in [2.45, 2.75) is 6.92 Å². The van der Waals surface area contributed by atoms with Gasteiger partial charge in [-0.3, -0.25) is 4.99 Å². The number of aromatic nitrogens is 1. The summed E-state index contributed by atoms with van der Waals surface area (Å²) in [6.45, 7) is 1.95. The smallest absolute Gasteiger partial charge is 0.310 e. The summed E-state index contributed by atoms with van der Waals surface area (Å²) in [6, 6.07) is 17.4. The monoisotopic (exact) mass is 302 g/mol. The van der Waals surface area contributed by atoms with Gasteiger partial charge >= 0.3 is 5.95 Å². The van der Waals surface area contributed by atoms with Crippen molar-refractivity contribution >= 4 is 23.0 Å². The molecule has 0 bridgehead atoms. The maximum absolute atomic E-state index is 10.1. The summed E-state index contributed by atoms with van der Waals surface area (Å²) in [5.74, 6) is 0.212. The Balaban J connectivity index is 1.78. The quantitative estimate of drug-likeness (QED) is 0.746. The zero-order chi connectivity index (χ0) is 15.8. The summed E-state index contributed by atoms with van der Waals surface area (Å²) < 4.78 is 5.39. The van der Waals surface area contributed by atoms with Crippen molar-refractivity contribution in [3.63, 3.8) is 0 Å². The van der Waals surface area contributed by atoms with E-state index in [-0.39, 0.29) is 5.95 Å². The molecule has 0 amide bonds. The minimum absolute atomic E-state index is 0.187. The highest BCUT2D eigenvalue weighted by molar-refractivity contribution is 6.31. The highest BCUT2D eigenvalue weighted by Gasteiger charge is 2.19. The van der Waals surface area contributed by atoms with E-state index in [1.54, 1.807) is 0 Å². The molecular weight excluding hydrogens is 288 g/mol. The van der Waals surface area contributed by atoms with Crippen molar-refractivity contribution in [2.75, 3.05) is 0 Å². The largest absolute Gasteiger partial charge is 0.479 e. The van der Waals surface area contributed by atoms with Crippen molar-refractivity contribution in [2.24, 2.45) is 4.99 Å². The molecule has 2 aromatic carbocycles. The first kappa shape index (κ1) is 13.5. The van der Waals surface area contributed by atoms with Gasteiger partial charge in [0, 0.05) is 22.4 Å². The van der Waals surface area contributed by atoms with Crippen LogP contribution in [0.15, 0.2) is 64.0 Å². The van der Waals surface area contributed by atoms with Gasteiger partial charge < -0.3 is 9.52 Å². The Morgan fingerprint density at radius 3 is 2.57 bits per heavy atom. The van der Waals surface area contributed by atoms with Crippen LogP contribution in [0.1, 0.15) is 18.2 Å². The van der Waals surface area contributed by atoms with Gasteiger partial charge in [0.15, 0.2) is 0 Å². The lowest BCUT2D eigenvalue weighted by atomic mass is 10.0. The van der Waals surface area contributed by atoms with Crippen LogP contribution in [-0.4, -0.2) is 15.8 Å². The molecule has 2 heterocycles. The summed E-state index contributed by atoms with van der Waals surface area (Å²) in [5.41, 5.74) is 5.05. The van der Waals surface area contributed by atoms with Crippen LogP contribution in [0.4, 0.5) is 5.69 Å². The Bertz CT molecular complexity index is 937. The molecule has 0 unspecified atom stereocenters. The Labute approximate surface area is 133 Å². The lowest BCUT2D eigenvalue weighted by Crippen LogP contribution is -1.90. The highest BCUT2D eigenvalue weighted by atomic mass is 16.5. The second kappa shape index (κ2) is 5.25. The van der Waals surface area contributed by atoms with Gasteiger partial charge in [0.25, 0.3) is 0 Å². The van der Waals surface area contributed by atoms with Crippen molar-refractivity contribution in [3.05, 3.63) is 65.9 Å². The zero-order valence-corrected chi connectivity index (χ0v) is 12.5. The van der Waals surface area contributed by atoms with Crippen LogP contribution < -0.4 is 0 Å². The van der Waals surface area contributed by atoms with E-state index in [0.717, 1.165) is 28.1 Å². The van der Waals surface area contributed by atoms with Crippen LogP contribution in [0.3, 0.4) is 0 Å². The number of nitrogens with zero attached hydrogens (tertiary/aromatic N) is 2. The predicted molar refractivity (Wildman–Crippen MR) is 90.7 cm³/mol. The first-order valence-corrected chi connectivity index (χ1v) is 7.34. The van der Waals surface area contributed by atoms with Crippen LogP contribution in [0, 0.1) is 0 Å². The SMILES string of the molecule is CC1=Nc2ccccc2C1=Cc1nc(-c2ccccc2)oc1O. The molecule has 0 fully saturated rings. The first-order valence-electron chi connectivity index (χ1n) is 7.34. The van der Waals surface area contributed by atoms with Crippen molar-refractivity contribution in [1.29, 1.82) is 0 Å². The number of hydrogen-bond donors (Lipinski definition) is 1. The molecule has 112 valence electrons. The third-order valence-corrected chi connectivity index (χ3v) is 3.81. The average Bonchev–Trinajstić information content (AvgIpc) is 3.10. The molecule has 0 saturated carbocycles. The molecule has 4 nitrogen and oxygen atoms in total. The van der Waals surface area contributed by atoms with E-state index in [1.165, 1.54) is 0 Å². The molecule has 1 aromatic heterocycles. The second-order valence-corrected chi connectivity index (χ2v) is 5.35. The number of rotatable bonds is 2. The molecule has 0 spiro atoms. The summed E-state index contributed by atoms with van der Waals surface area (Å²) in [4.78, 5) is 8.94. The van der Waals surface area contributed by atoms with Gasteiger partial charge in [-0.05, 0) is 31.2 Å². The Morgan fingerprint density at radius 2 is 1.74 bits per heavy atom. The summed E-state index contributed by atoms with van der Waals surface area (Å²) in [6.07, 6.45) is 1.82. The third-order valence-electron chi connectivity index (χ3n) is 3.81. The van der Waals surface area contributed by atoms with Gasteiger partial charge in [0.05, 0.1) is 5.69 Å². The molecule has 3 aromatic rings. The van der Waals surface area contributed by atoms with Gasteiger partial charge in [0.1, 0.15) is 5.69 Å². The number of hydrogen-bond acceptors (Lipinski definition) is 4. The molecule has 4 rings (SSSR count). The minimum Gasteiger partial charge on any atom is -0.479 e. The summed E-state index contributed by atoms with van der Waals surface area (Å²) >= 11 is 0. The van der Waals surface area contributed by atoms with Gasteiger partial charge in [-0.1, -0.05) is 36.4 Å². The Morgan fingerprint density at radius 1 is 1.00 bits per heavy atom. The number of aliphatic imine (C=N–C) groups is 1. The number of fused-ring (bicyclic) bond motifs is 1. The van der Waals surface area contributed by atoms with E-state index in [1.807, 2.05) is 67.6 Å². The maximum atomic E-state index is 10.1. The number of benzene rings is 2. The third kappa shape index (κ3) is 2.34. The maximum Gasteiger partial charge on any atom is 0.310 e. The highest BCUT2D eigenvalue weighted by Crippen LogP contribution is 2.37. The van der Waals surface area contributed by atoms with Crippen molar-refractivity contribution in [3.8, 4) is 17.4 Å². The second-order valence-electron chi connectivity index (χ2n) is 5.35. The van der Waals surface area contributed by atoms with E-state index in [2.05, 4.69) is 9.98 Å². The standard InChI is InChI=1S/C19H14N2O2/c1-12-15(14-9-5-6-10-16(14)20-12)11-17-19(22)23-18(21-17)13-7-3-2-4-8-13/h2-11,22H,1H3. The summed E-state index contributed by atoms with van der Waals surface area (Å²) in [7, 11) is 0. The number of allylic oxidation sites excluding steroid dienone is 1. The first-order chi connectivity index (χ1) is 11.2. The van der Waals surface area contributed by atoms with Crippen LogP contribution in [-0.2, 0) is 0 Å². The van der Waals surface area contributed by atoms with E-state index in [4.69, 9.17) is 4.42 Å². The molecular formula is C19H14N2O2. The number of para-hydroxylation sites is 1. The molecule has 1 N–H and O–H groups in total. The predicted octanol–water partition coefficient (Wildman–Crippen LogP) is 4.69. The Hall–Kier alpha value is -3.14. The fourth-order valence-corrected chi connectivity index (χ4v) is 2.68. The van der Waals surface area contributed by atoms with Crippen LogP contribution in [0.25, 0.3) is 23.1 Å². The average molecular weight is 302 g/mol. The van der Waals surface area contributed by atoms with Crippen LogP contribution in [0.5, 0.6) is 5.95 Å². The topological polar surface area (TPSA) is 58.6 Å². The molecule has 0 radical (unpaired) electrons. The molecule has 0 atom stereocenters. The molecule has 0 saturated heterocycles. The van der Waals surface area contributed by atoms with Gasteiger partial charge in [-0.15, -0.1) is 0 Å². The minimum atomic E-state index is -0.187. The normalized spacial score (nSPS) is 14.8. The van der Waals surface area contributed by atoms with Gasteiger partial charge in [-0.25, -0.2) is 4.98 Å². The van der Waals surface area contributed by atoms with Crippen molar-refractivity contribution in [1.82, 2.24) is 4.98 Å². The summed E-state index contributed by atoms with van der Waals surface area (Å²) in [5, 5.41) is 10.1. The number of aromatic hydroxyl groups is 1.